The van der Waals surface area contributed by atoms with Crippen LogP contribution in [0.1, 0.15) is 252 Å². The third-order valence-corrected chi connectivity index (χ3v) is 11.5. The van der Waals surface area contributed by atoms with Gasteiger partial charge in [0.25, 0.3) is 0 Å². The first kappa shape index (κ1) is 63.3. The molecule has 0 fully saturated rings. The molecule has 0 saturated heterocycles. The second-order valence-corrected chi connectivity index (χ2v) is 18.1. The molecule has 0 unspecified atom stereocenters. The van der Waals surface area contributed by atoms with Gasteiger partial charge in [-0.25, -0.2) is 0 Å². The van der Waals surface area contributed by atoms with Gasteiger partial charge < -0.3 is 14.2 Å². The molecule has 67 heavy (non-hydrogen) atoms. The van der Waals surface area contributed by atoms with Crippen LogP contribution in [0, 0.1) is 0 Å². The Bertz CT molecular complexity index is 1350. The van der Waals surface area contributed by atoms with Crippen LogP contribution in [0.2, 0.25) is 0 Å². The van der Waals surface area contributed by atoms with Crippen LogP contribution in [0.15, 0.2) is 97.2 Å². The van der Waals surface area contributed by atoms with Crippen molar-refractivity contribution in [1.82, 2.24) is 0 Å². The third kappa shape index (κ3) is 53.2. The maximum Gasteiger partial charge on any atom is 0.306 e. The fourth-order valence-electron chi connectivity index (χ4n) is 7.31. The maximum absolute atomic E-state index is 12.8. The van der Waals surface area contributed by atoms with E-state index in [1.165, 1.54) is 103 Å². The molecule has 6 heteroatoms. The molecule has 1 atom stereocenters. The Morgan fingerprint density at radius 2 is 0.537 bits per heavy atom. The average molecular weight is 931 g/mol. The zero-order chi connectivity index (χ0) is 48.6. The second kappa shape index (κ2) is 54.9. The lowest BCUT2D eigenvalue weighted by Gasteiger charge is -2.18. The van der Waals surface area contributed by atoms with Gasteiger partial charge in [0.1, 0.15) is 13.2 Å². The van der Waals surface area contributed by atoms with Crippen LogP contribution in [-0.2, 0) is 28.6 Å². The van der Waals surface area contributed by atoms with Gasteiger partial charge in [-0.2, -0.15) is 0 Å². The summed E-state index contributed by atoms with van der Waals surface area (Å²) in [5.74, 6) is -0.986. The largest absolute Gasteiger partial charge is 0.462 e. The van der Waals surface area contributed by atoms with Crippen molar-refractivity contribution < 1.29 is 28.6 Å². The number of hydrogen-bond donors (Lipinski definition) is 0. The van der Waals surface area contributed by atoms with E-state index in [1.807, 2.05) is 0 Å². The quantitative estimate of drug-likeness (QED) is 0.0262. The Morgan fingerprint density at radius 1 is 0.299 bits per heavy atom. The fourth-order valence-corrected chi connectivity index (χ4v) is 7.31. The highest BCUT2D eigenvalue weighted by Crippen LogP contribution is 2.13. The average Bonchev–Trinajstić information content (AvgIpc) is 3.33. The van der Waals surface area contributed by atoms with Crippen molar-refractivity contribution in [3.05, 3.63) is 97.2 Å². The molecule has 0 aromatic heterocycles. The molecular formula is C61H102O6. The van der Waals surface area contributed by atoms with Gasteiger partial charge >= 0.3 is 17.9 Å². The number of carbonyl (C=O) groups excluding carboxylic acids is 3. The number of esters is 3. The summed E-state index contributed by atoms with van der Waals surface area (Å²) in [6.45, 7) is 6.51. The van der Waals surface area contributed by atoms with Crippen molar-refractivity contribution in [1.29, 1.82) is 0 Å². The Labute approximate surface area is 413 Å². The van der Waals surface area contributed by atoms with Crippen molar-refractivity contribution in [3.8, 4) is 0 Å². The van der Waals surface area contributed by atoms with Gasteiger partial charge in [0.05, 0.1) is 0 Å². The van der Waals surface area contributed by atoms with Gasteiger partial charge in [-0.15, -0.1) is 0 Å². The molecule has 0 spiro atoms. The Balaban J connectivity index is 4.53. The number of allylic oxidation sites excluding steroid dienone is 16. The van der Waals surface area contributed by atoms with Crippen LogP contribution >= 0.6 is 0 Å². The lowest BCUT2D eigenvalue weighted by molar-refractivity contribution is -0.167. The number of rotatable bonds is 49. The summed E-state index contributed by atoms with van der Waals surface area (Å²) in [7, 11) is 0. The van der Waals surface area contributed by atoms with E-state index in [4.69, 9.17) is 14.2 Å². The molecule has 0 aromatic carbocycles. The molecule has 6 nitrogen and oxygen atoms in total. The fraction of sp³-hybridized carbons (Fsp3) is 0.689. The van der Waals surface area contributed by atoms with Gasteiger partial charge in [0, 0.05) is 19.3 Å². The first-order valence-corrected chi connectivity index (χ1v) is 27.7. The van der Waals surface area contributed by atoms with E-state index in [0.717, 1.165) is 109 Å². The van der Waals surface area contributed by atoms with Crippen molar-refractivity contribution >= 4 is 17.9 Å². The van der Waals surface area contributed by atoms with Crippen LogP contribution in [0.4, 0.5) is 0 Å². The molecule has 382 valence electrons. The highest BCUT2D eigenvalue weighted by Gasteiger charge is 2.19. The van der Waals surface area contributed by atoms with E-state index < -0.39 is 6.10 Å². The first-order chi connectivity index (χ1) is 33.0. The lowest BCUT2D eigenvalue weighted by Crippen LogP contribution is -2.30. The molecule has 0 aromatic rings. The smallest absolute Gasteiger partial charge is 0.306 e. The summed E-state index contributed by atoms with van der Waals surface area (Å²) >= 11 is 0. The van der Waals surface area contributed by atoms with Gasteiger partial charge in [0.2, 0.25) is 0 Å². The molecule has 0 aliphatic rings. The topological polar surface area (TPSA) is 78.9 Å². The highest BCUT2D eigenvalue weighted by atomic mass is 16.6. The number of hydrogen-bond acceptors (Lipinski definition) is 6. The van der Waals surface area contributed by atoms with E-state index in [1.54, 1.807) is 0 Å². The van der Waals surface area contributed by atoms with Crippen LogP contribution < -0.4 is 0 Å². The van der Waals surface area contributed by atoms with Crippen molar-refractivity contribution in [2.75, 3.05) is 13.2 Å². The highest BCUT2D eigenvalue weighted by molar-refractivity contribution is 5.71. The van der Waals surface area contributed by atoms with Crippen molar-refractivity contribution in [2.45, 2.75) is 258 Å². The predicted octanol–water partition coefficient (Wildman–Crippen LogP) is 18.5. The van der Waals surface area contributed by atoms with Gasteiger partial charge in [-0.05, 0) is 128 Å². The Kier molecular flexibility index (Phi) is 51.9. The monoisotopic (exact) mass is 931 g/mol. The molecule has 0 radical (unpaired) electrons. The number of unbranched alkanes of at least 4 members (excludes halogenated alkanes) is 22. The summed E-state index contributed by atoms with van der Waals surface area (Å²) in [5.41, 5.74) is 0. The SMILES string of the molecule is CCCCC/C=C\C/C=C\C/C=C\C/C=C\CCCCCC(=O)O[C@H](COC(=O)CCCC/C=C\C/C=C\C/C=C\CCCCC)COC(=O)CCCCCCC/C=C\CCCCCCCC. The molecule has 0 rings (SSSR count). The third-order valence-electron chi connectivity index (χ3n) is 11.5. The lowest BCUT2D eigenvalue weighted by atomic mass is 10.1. The van der Waals surface area contributed by atoms with Crippen LogP contribution in [0.3, 0.4) is 0 Å². The summed E-state index contributed by atoms with van der Waals surface area (Å²) in [6.07, 6.45) is 72.5. The summed E-state index contributed by atoms with van der Waals surface area (Å²) < 4.78 is 16.8. The number of ether oxygens (including phenoxy) is 3. The number of carbonyl (C=O) groups is 3. The predicted molar refractivity (Wildman–Crippen MR) is 288 cm³/mol. The molecule has 0 bridgehead atoms. The van der Waals surface area contributed by atoms with Crippen molar-refractivity contribution in [3.63, 3.8) is 0 Å². The summed E-state index contributed by atoms with van der Waals surface area (Å²) in [5, 5.41) is 0. The molecule has 0 heterocycles. The maximum atomic E-state index is 12.8. The Hall–Kier alpha value is -3.67. The van der Waals surface area contributed by atoms with Crippen molar-refractivity contribution in [2.24, 2.45) is 0 Å². The van der Waals surface area contributed by atoms with E-state index in [9.17, 15) is 14.4 Å². The van der Waals surface area contributed by atoms with Crippen LogP contribution in [0.5, 0.6) is 0 Å². The molecule has 0 amide bonds. The minimum Gasteiger partial charge on any atom is -0.462 e. The molecular weight excluding hydrogens is 829 g/mol. The minimum absolute atomic E-state index is 0.108. The molecule has 0 saturated carbocycles. The van der Waals surface area contributed by atoms with Gasteiger partial charge in [0.15, 0.2) is 6.10 Å². The van der Waals surface area contributed by atoms with E-state index >= 15 is 0 Å². The van der Waals surface area contributed by atoms with E-state index in [0.29, 0.717) is 12.8 Å². The molecule has 0 aliphatic heterocycles. The zero-order valence-corrected chi connectivity index (χ0v) is 43.6. The second-order valence-electron chi connectivity index (χ2n) is 18.1. The van der Waals surface area contributed by atoms with Gasteiger partial charge in [-0.1, -0.05) is 201 Å². The first-order valence-electron chi connectivity index (χ1n) is 27.7. The Morgan fingerprint density at radius 3 is 0.925 bits per heavy atom. The zero-order valence-electron chi connectivity index (χ0n) is 43.6. The van der Waals surface area contributed by atoms with Crippen LogP contribution in [0.25, 0.3) is 0 Å². The van der Waals surface area contributed by atoms with E-state index in [2.05, 4.69) is 118 Å². The summed E-state index contributed by atoms with van der Waals surface area (Å²) in [4.78, 5) is 38.1. The van der Waals surface area contributed by atoms with Gasteiger partial charge in [-0.3, -0.25) is 14.4 Å². The molecule has 0 N–H and O–H groups in total. The van der Waals surface area contributed by atoms with Crippen LogP contribution in [-0.4, -0.2) is 37.2 Å². The summed E-state index contributed by atoms with van der Waals surface area (Å²) in [6, 6.07) is 0. The van der Waals surface area contributed by atoms with E-state index in [-0.39, 0.29) is 37.5 Å². The standard InChI is InChI=1S/C61H102O6/c1-4-7-10-13-16-19-22-25-28-29-30-31-34-37-40-43-46-49-52-55-61(64)67-58(56-65-59(62)53-50-47-44-41-38-35-32-26-23-20-17-14-11-8-5-2)57-66-60(63)54-51-48-45-42-39-36-33-27-24-21-18-15-12-9-6-3/h16-17,19-20,25-28,30-33,37-38,40-41,58H,4-15,18,21-24,29,34-36,39,42-57H2,1-3H3/b19-16-,20-17-,28-25-,31-30-,32-26-,33-27-,40-37-,41-38-/t58-/m1/s1. The normalized spacial score (nSPS) is 12.8. The molecule has 0 aliphatic carbocycles. The minimum atomic E-state index is -0.814.